The van der Waals surface area contributed by atoms with Crippen molar-refractivity contribution in [1.29, 1.82) is 0 Å². The first-order chi connectivity index (χ1) is 9.09. The summed E-state index contributed by atoms with van der Waals surface area (Å²) in [6.07, 6.45) is 0. The Morgan fingerprint density at radius 2 is 1.68 bits per heavy atom. The molecule has 3 aromatic rings. The largest absolute Gasteiger partial charge is 0.276 e. The number of carbonyl (C=O) groups is 1. The van der Waals surface area contributed by atoms with E-state index in [1.165, 1.54) is 0 Å². The van der Waals surface area contributed by atoms with Crippen molar-refractivity contribution in [3.63, 3.8) is 0 Å². The van der Waals surface area contributed by atoms with E-state index in [1.807, 2.05) is 31.2 Å². The Morgan fingerprint density at radius 3 is 2.37 bits per heavy atom. The molecule has 0 bridgehead atoms. The van der Waals surface area contributed by atoms with Crippen LogP contribution < -0.4 is 0 Å². The summed E-state index contributed by atoms with van der Waals surface area (Å²) in [4.78, 5) is 16.0. The maximum absolute atomic E-state index is 11.5. The molecular weight excluding hydrogens is 281 g/mol. The predicted octanol–water partition coefficient (Wildman–Crippen LogP) is 4.73. The van der Waals surface area contributed by atoms with Crippen molar-refractivity contribution in [3.05, 3.63) is 52.5 Å². The summed E-state index contributed by atoms with van der Waals surface area (Å²) in [7, 11) is 0. The lowest BCUT2D eigenvalue weighted by Crippen LogP contribution is -1.95. The average molecular weight is 290 g/mol. The molecule has 4 heteroatoms. The number of carbonyl (C=O) groups excluding carboxylic acids is 1. The summed E-state index contributed by atoms with van der Waals surface area (Å²) in [6.45, 7) is 1.96. The first-order valence-electron chi connectivity index (χ1n) is 5.77. The molecule has 1 heterocycles. The Labute approximate surface area is 120 Å². The predicted molar refractivity (Wildman–Crippen MR) is 79.2 cm³/mol. The van der Waals surface area contributed by atoms with E-state index in [0.717, 1.165) is 21.9 Å². The highest BCUT2D eigenvalue weighted by atomic mass is 35.5. The van der Waals surface area contributed by atoms with Crippen LogP contribution in [0.5, 0.6) is 0 Å². The smallest absolute Gasteiger partial charge is 0.254 e. The topological polar surface area (TPSA) is 30.0 Å². The summed E-state index contributed by atoms with van der Waals surface area (Å²) in [5.74, 6) is 0. The molecule has 0 radical (unpaired) electrons. The molecule has 0 atom stereocenters. The van der Waals surface area contributed by atoms with Gasteiger partial charge in [0, 0.05) is 10.8 Å². The number of halogens is 2. The monoisotopic (exact) mass is 289 g/mol. The standard InChI is InChI=1S/C15H9Cl2NO/c1-8-4-2-5-9-12(16)10-6-3-7-11(15(17)19)14(10)18-13(8)9/h2-7H,1H3. The van der Waals surface area contributed by atoms with Crippen LogP contribution in [0, 0.1) is 6.92 Å². The maximum Gasteiger partial charge on any atom is 0.254 e. The summed E-state index contributed by atoms with van der Waals surface area (Å²) in [6, 6.07) is 11.1. The number of rotatable bonds is 1. The number of nitrogens with zero attached hydrogens (tertiary/aromatic N) is 1. The van der Waals surface area contributed by atoms with E-state index in [9.17, 15) is 4.79 Å². The first kappa shape index (κ1) is 12.4. The van der Waals surface area contributed by atoms with E-state index in [1.54, 1.807) is 12.1 Å². The van der Waals surface area contributed by atoms with Crippen LogP contribution in [0.15, 0.2) is 36.4 Å². The van der Waals surface area contributed by atoms with Crippen molar-refractivity contribution < 1.29 is 4.79 Å². The fourth-order valence-electron chi connectivity index (χ4n) is 2.24. The molecule has 0 spiro atoms. The van der Waals surface area contributed by atoms with Gasteiger partial charge in [-0.2, -0.15) is 0 Å². The van der Waals surface area contributed by atoms with E-state index in [2.05, 4.69) is 4.98 Å². The molecular formula is C15H9Cl2NO. The van der Waals surface area contributed by atoms with Crippen LogP contribution in [0.25, 0.3) is 21.8 Å². The Hall–Kier alpha value is -1.64. The molecule has 0 saturated heterocycles. The van der Waals surface area contributed by atoms with Gasteiger partial charge in [0.15, 0.2) is 0 Å². The minimum absolute atomic E-state index is 0.381. The Bertz CT molecular complexity index is 827. The van der Waals surface area contributed by atoms with E-state index in [4.69, 9.17) is 23.2 Å². The molecule has 0 amide bonds. The molecule has 94 valence electrons. The molecule has 0 fully saturated rings. The van der Waals surface area contributed by atoms with Crippen LogP contribution in [0.1, 0.15) is 15.9 Å². The molecule has 0 aliphatic carbocycles. The summed E-state index contributed by atoms with van der Waals surface area (Å²) in [5.41, 5.74) is 2.74. The molecule has 3 rings (SSSR count). The molecule has 2 aromatic carbocycles. The number of hydrogen-bond acceptors (Lipinski definition) is 2. The lowest BCUT2D eigenvalue weighted by Gasteiger charge is -2.09. The molecule has 0 aliphatic heterocycles. The second-order valence-corrected chi connectivity index (χ2v) is 5.09. The van der Waals surface area contributed by atoms with Crippen molar-refractivity contribution in [2.45, 2.75) is 6.92 Å². The molecule has 0 N–H and O–H groups in total. The number of aromatic nitrogens is 1. The lowest BCUT2D eigenvalue weighted by atomic mass is 10.1. The summed E-state index contributed by atoms with van der Waals surface area (Å²) < 4.78 is 0. The maximum atomic E-state index is 11.5. The normalized spacial score (nSPS) is 11.1. The summed E-state index contributed by atoms with van der Waals surface area (Å²) >= 11 is 12.0. The van der Waals surface area contributed by atoms with Crippen LogP contribution in [0.2, 0.25) is 5.02 Å². The molecule has 19 heavy (non-hydrogen) atoms. The third-order valence-electron chi connectivity index (χ3n) is 3.18. The van der Waals surface area contributed by atoms with Crippen molar-refractivity contribution >= 4 is 50.3 Å². The zero-order valence-corrected chi connectivity index (χ0v) is 11.6. The van der Waals surface area contributed by atoms with E-state index < -0.39 is 5.24 Å². The average Bonchev–Trinajstić information content (AvgIpc) is 2.39. The van der Waals surface area contributed by atoms with Gasteiger partial charge < -0.3 is 0 Å². The van der Waals surface area contributed by atoms with Gasteiger partial charge in [-0.15, -0.1) is 0 Å². The second-order valence-electron chi connectivity index (χ2n) is 4.37. The quantitative estimate of drug-likeness (QED) is 0.479. The van der Waals surface area contributed by atoms with Crippen LogP contribution in [-0.4, -0.2) is 10.2 Å². The van der Waals surface area contributed by atoms with Gasteiger partial charge in [0.1, 0.15) is 0 Å². The van der Waals surface area contributed by atoms with Crippen LogP contribution in [0.4, 0.5) is 0 Å². The van der Waals surface area contributed by atoms with Crippen molar-refractivity contribution in [2.24, 2.45) is 0 Å². The lowest BCUT2D eigenvalue weighted by molar-refractivity contribution is 0.108. The Morgan fingerprint density at radius 1 is 1.05 bits per heavy atom. The summed E-state index contributed by atoms with van der Waals surface area (Å²) in [5, 5.41) is 1.70. The van der Waals surface area contributed by atoms with Gasteiger partial charge in [0.2, 0.25) is 0 Å². The fourth-order valence-corrected chi connectivity index (χ4v) is 2.70. The molecule has 0 aliphatic rings. The number of pyridine rings is 1. The minimum Gasteiger partial charge on any atom is -0.276 e. The fraction of sp³-hybridized carbons (Fsp3) is 0.0667. The number of hydrogen-bond donors (Lipinski definition) is 0. The van der Waals surface area contributed by atoms with Crippen LogP contribution in [-0.2, 0) is 0 Å². The van der Waals surface area contributed by atoms with Gasteiger partial charge in [0.05, 0.1) is 21.6 Å². The number of para-hydroxylation sites is 2. The third-order valence-corrected chi connectivity index (χ3v) is 3.79. The second kappa shape index (κ2) is 4.48. The highest BCUT2D eigenvalue weighted by Gasteiger charge is 2.14. The van der Waals surface area contributed by atoms with Crippen molar-refractivity contribution in [3.8, 4) is 0 Å². The van der Waals surface area contributed by atoms with Crippen molar-refractivity contribution in [2.75, 3.05) is 0 Å². The van der Waals surface area contributed by atoms with E-state index in [0.29, 0.717) is 16.1 Å². The Balaban J connectivity index is 2.58. The third kappa shape index (κ3) is 1.88. The number of benzene rings is 2. The van der Waals surface area contributed by atoms with Gasteiger partial charge in [-0.1, -0.05) is 41.9 Å². The molecule has 1 aromatic heterocycles. The van der Waals surface area contributed by atoms with Crippen LogP contribution >= 0.6 is 23.2 Å². The number of aryl methyl sites for hydroxylation is 1. The van der Waals surface area contributed by atoms with Gasteiger partial charge >= 0.3 is 0 Å². The minimum atomic E-state index is -0.526. The highest BCUT2D eigenvalue weighted by Crippen LogP contribution is 2.33. The van der Waals surface area contributed by atoms with Gasteiger partial charge in [-0.25, -0.2) is 4.98 Å². The van der Waals surface area contributed by atoms with Gasteiger partial charge in [0.25, 0.3) is 5.24 Å². The number of fused-ring (bicyclic) bond motifs is 2. The zero-order valence-electron chi connectivity index (χ0n) is 10.1. The highest BCUT2D eigenvalue weighted by molar-refractivity contribution is 6.68. The van der Waals surface area contributed by atoms with Gasteiger partial charge in [-0.3, -0.25) is 4.79 Å². The first-order valence-corrected chi connectivity index (χ1v) is 6.52. The Kier molecular flexibility index (Phi) is 2.92. The SMILES string of the molecule is Cc1cccc2c(Cl)c3cccc(C(=O)Cl)c3nc12. The van der Waals surface area contributed by atoms with Gasteiger partial charge in [-0.05, 0) is 30.2 Å². The molecule has 0 unspecified atom stereocenters. The van der Waals surface area contributed by atoms with Crippen LogP contribution in [0.3, 0.4) is 0 Å². The van der Waals surface area contributed by atoms with Crippen molar-refractivity contribution in [1.82, 2.24) is 4.98 Å². The molecule has 0 saturated carbocycles. The zero-order chi connectivity index (χ0) is 13.6. The molecule has 2 nitrogen and oxygen atoms in total. The van der Waals surface area contributed by atoms with E-state index in [-0.39, 0.29) is 0 Å². The van der Waals surface area contributed by atoms with E-state index >= 15 is 0 Å².